The van der Waals surface area contributed by atoms with E-state index in [1.165, 1.54) is 12.1 Å². The van der Waals surface area contributed by atoms with E-state index in [0.29, 0.717) is 12.3 Å². The van der Waals surface area contributed by atoms with Crippen LogP contribution in [0.5, 0.6) is 0 Å². The number of amides is 1. The molecule has 0 spiro atoms. The Labute approximate surface area is 110 Å². The van der Waals surface area contributed by atoms with Crippen LogP contribution in [0.25, 0.3) is 0 Å². The quantitative estimate of drug-likeness (QED) is 0.878. The second-order valence-electron chi connectivity index (χ2n) is 4.02. The lowest BCUT2D eigenvalue weighted by molar-refractivity contribution is 0.102. The van der Waals surface area contributed by atoms with Crippen molar-refractivity contribution in [2.24, 2.45) is 0 Å². The van der Waals surface area contributed by atoms with Gasteiger partial charge in [-0.1, -0.05) is 18.2 Å². The van der Waals surface area contributed by atoms with E-state index < -0.39 is 0 Å². The average molecular weight is 258 g/mol. The van der Waals surface area contributed by atoms with Crippen LogP contribution in [0.15, 0.2) is 47.3 Å². The zero-order valence-electron chi connectivity index (χ0n) is 10.5. The van der Waals surface area contributed by atoms with Crippen molar-refractivity contribution in [1.29, 1.82) is 0 Å². The number of H-pyrrole nitrogens is 1. The van der Waals surface area contributed by atoms with E-state index >= 15 is 0 Å². The third kappa shape index (κ3) is 3.53. The van der Waals surface area contributed by atoms with Crippen LogP contribution in [0, 0.1) is 0 Å². The van der Waals surface area contributed by atoms with Gasteiger partial charge in [0.25, 0.3) is 5.91 Å². The topological polar surface area (TPSA) is 71.2 Å². The molecule has 1 heterocycles. The molecule has 1 amide bonds. The van der Waals surface area contributed by atoms with Gasteiger partial charge in [0.05, 0.1) is 6.61 Å². The highest BCUT2D eigenvalue weighted by Gasteiger charge is 2.06. The van der Waals surface area contributed by atoms with Crippen molar-refractivity contribution in [3.63, 3.8) is 0 Å². The Morgan fingerprint density at radius 2 is 2.05 bits per heavy atom. The van der Waals surface area contributed by atoms with Crippen LogP contribution in [0.1, 0.15) is 16.1 Å². The fraction of sp³-hybridized carbons (Fsp3) is 0.143. The van der Waals surface area contributed by atoms with E-state index in [1.807, 2.05) is 18.2 Å². The number of hydrogen-bond donors (Lipinski definition) is 2. The molecule has 0 aliphatic heterocycles. The van der Waals surface area contributed by atoms with Crippen molar-refractivity contribution in [1.82, 2.24) is 4.98 Å². The molecule has 5 heteroatoms. The van der Waals surface area contributed by atoms with E-state index in [4.69, 9.17) is 4.74 Å². The number of carbonyl (C=O) groups is 1. The predicted octanol–water partition coefficient (Wildman–Crippen LogP) is 1.77. The number of aromatic amines is 1. The van der Waals surface area contributed by atoms with Gasteiger partial charge in [-0.25, -0.2) is 0 Å². The third-order valence-corrected chi connectivity index (χ3v) is 2.51. The molecule has 0 unspecified atom stereocenters. The van der Waals surface area contributed by atoms with Crippen molar-refractivity contribution in [3.8, 4) is 0 Å². The summed E-state index contributed by atoms with van der Waals surface area (Å²) >= 11 is 0. The van der Waals surface area contributed by atoms with Gasteiger partial charge in [0.15, 0.2) is 0 Å². The molecule has 2 rings (SSSR count). The Hall–Kier alpha value is -2.40. The molecule has 5 nitrogen and oxygen atoms in total. The van der Waals surface area contributed by atoms with Crippen LogP contribution in [0.3, 0.4) is 0 Å². The van der Waals surface area contributed by atoms with Gasteiger partial charge >= 0.3 is 0 Å². The first kappa shape index (κ1) is 13.0. The van der Waals surface area contributed by atoms with Gasteiger partial charge in [0, 0.05) is 18.9 Å². The minimum atomic E-state index is -0.354. The summed E-state index contributed by atoms with van der Waals surface area (Å²) in [6, 6.07) is 11.8. The van der Waals surface area contributed by atoms with Crippen molar-refractivity contribution in [2.45, 2.75) is 6.61 Å². The largest absolute Gasteiger partial charge is 0.380 e. The van der Waals surface area contributed by atoms with Crippen LogP contribution in [0.2, 0.25) is 0 Å². The maximum atomic E-state index is 11.9. The Morgan fingerprint density at radius 1 is 1.26 bits per heavy atom. The molecule has 0 aliphatic rings. The van der Waals surface area contributed by atoms with Gasteiger partial charge in [-0.05, 0) is 23.8 Å². The lowest BCUT2D eigenvalue weighted by atomic mass is 10.2. The maximum absolute atomic E-state index is 11.9. The van der Waals surface area contributed by atoms with E-state index in [9.17, 15) is 9.59 Å². The van der Waals surface area contributed by atoms with Crippen molar-refractivity contribution < 1.29 is 9.53 Å². The molecule has 0 saturated carbocycles. The summed E-state index contributed by atoms with van der Waals surface area (Å²) in [5.74, 6) is -0.354. The average Bonchev–Trinajstić information content (AvgIpc) is 2.39. The number of nitrogens with one attached hydrogen (secondary N) is 2. The molecule has 0 radical (unpaired) electrons. The van der Waals surface area contributed by atoms with Gasteiger partial charge in [-0.15, -0.1) is 0 Å². The van der Waals surface area contributed by atoms with Crippen molar-refractivity contribution >= 4 is 11.6 Å². The van der Waals surface area contributed by atoms with Gasteiger partial charge in [-0.3, -0.25) is 9.59 Å². The first-order chi connectivity index (χ1) is 9.19. The van der Waals surface area contributed by atoms with Crippen LogP contribution in [0.4, 0.5) is 5.69 Å². The number of hydrogen-bond acceptors (Lipinski definition) is 3. The highest BCUT2D eigenvalue weighted by molar-refractivity contribution is 6.02. The minimum Gasteiger partial charge on any atom is -0.380 e. The molecule has 0 bridgehead atoms. The van der Waals surface area contributed by atoms with Gasteiger partial charge in [-0.2, -0.15) is 0 Å². The molecule has 98 valence electrons. The van der Waals surface area contributed by atoms with E-state index in [2.05, 4.69) is 10.3 Å². The molecule has 0 atom stereocenters. The summed E-state index contributed by atoms with van der Waals surface area (Å²) in [5.41, 5.74) is 1.54. The fourth-order valence-corrected chi connectivity index (χ4v) is 1.68. The highest BCUT2D eigenvalue weighted by Crippen LogP contribution is 2.12. The zero-order valence-corrected chi connectivity index (χ0v) is 10.5. The Balaban J connectivity index is 2.14. The minimum absolute atomic E-state index is 0.227. The lowest BCUT2D eigenvalue weighted by Gasteiger charge is -2.07. The number of aromatic nitrogens is 1. The number of ether oxygens (including phenoxy) is 1. The highest BCUT2D eigenvalue weighted by atomic mass is 16.5. The van der Waals surface area contributed by atoms with E-state index in [1.54, 1.807) is 19.2 Å². The number of pyridine rings is 1. The second-order valence-corrected chi connectivity index (χ2v) is 4.02. The van der Waals surface area contributed by atoms with Crippen molar-refractivity contribution in [3.05, 3.63) is 64.1 Å². The first-order valence-electron chi connectivity index (χ1n) is 5.77. The molecular formula is C14H14N2O3. The fourth-order valence-electron chi connectivity index (χ4n) is 1.68. The van der Waals surface area contributed by atoms with E-state index in [0.717, 1.165) is 5.56 Å². The molecule has 1 aromatic heterocycles. The smallest absolute Gasteiger partial charge is 0.272 e. The van der Waals surface area contributed by atoms with E-state index in [-0.39, 0.29) is 17.2 Å². The standard InChI is InChI=1S/C14H14N2O3/c1-19-9-10-4-2-5-11(8-10)15-14(18)12-6-3-7-13(17)16-12/h2-8H,9H2,1H3,(H,15,18)(H,16,17). The van der Waals surface area contributed by atoms with Crippen LogP contribution >= 0.6 is 0 Å². The monoisotopic (exact) mass is 258 g/mol. The predicted molar refractivity (Wildman–Crippen MR) is 72.2 cm³/mol. The third-order valence-electron chi connectivity index (χ3n) is 2.51. The summed E-state index contributed by atoms with van der Waals surface area (Å²) in [6.07, 6.45) is 0. The Kier molecular flexibility index (Phi) is 4.10. The molecular weight excluding hydrogens is 244 g/mol. The number of benzene rings is 1. The Bertz CT molecular complexity index is 634. The molecule has 0 aliphatic carbocycles. The molecule has 2 N–H and O–H groups in total. The van der Waals surface area contributed by atoms with Crippen LogP contribution in [-0.4, -0.2) is 18.0 Å². The zero-order chi connectivity index (χ0) is 13.7. The number of rotatable bonds is 4. The molecule has 1 aromatic carbocycles. The summed E-state index contributed by atoms with van der Waals surface area (Å²) in [6.45, 7) is 0.478. The summed E-state index contributed by atoms with van der Waals surface area (Å²) < 4.78 is 5.03. The normalized spacial score (nSPS) is 10.2. The lowest BCUT2D eigenvalue weighted by Crippen LogP contribution is -2.17. The number of methoxy groups -OCH3 is 1. The van der Waals surface area contributed by atoms with Crippen LogP contribution in [-0.2, 0) is 11.3 Å². The van der Waals surface area contributed by atoms with Gasteiger partial charge in [0.2, 0.25) is 5.56 Å². The molecule has 19 heavy (non-hydrogen) atoms. The second kappa shape index (κ2) is 5.97. The first-order valence-corrected chi connectivity index (χ1v) is 5.77. The summed E-state index contributed by atoms with van der Waals surface area (Å²) in [7, 11) is 1.61. The number of carbonyl (C=O) groups excluding carboxylic acids is 1. The maximum Gasteiger partial charge on any atom is 0.272 e. The molecule has 0 saturated heterocycles. The number of anilines is 1. The molecule has 2 aromatic rings. The van der Waals surface area contributed by atoms with Crippen LogP contribution < -0.4 is 10.9 Å². The summed E-state index contributed by atoms with van der Waals surface area (Å²) in [5, 5.41) is 2.72. The van der Waals surface area contributed by atoms with Crippen molar-refractivity contribution in [2.75, 3.05) is 12.4 Å². The van der Waals surface area contributed by atoms with Gasteiger partial charge < -0.3 is 15.0 Å². The molecule has 0 fully saturated rings. The summed E-state index contributed by atoms with van der Waals surface area (Å²) in [4.78, 5) is 25.5. The Morgan fingerprint density at radius 3 is 2.79 bits per heavy atom. The SMILES string of the molecule is COCc1cccc(NC(=O)c2cccc(=O)[nH]2)c1. The van der Waals surface area contributed by atoms with Gasteiger partial charge in [0.1, 0.15) is 5.69 Å².